The Hall–Kier alpha value is -1.96. The summed E-state index contributed by atoms with van der Waals surface area (Å²) in [5.41, 5.74) is 2.31. The molecule has 7 atom stereocenters. The Morgan fingerprint density at radius 1 is 0.897 bits per heavy atom. The Labute approximate surface area is 232 Å². The van der Waals surface area contributed by atoms with Crippen LogP contribution in [0.2, 0.25) is 0 Å². The van der Waals surface area contributed by atoms with Gasteiger partial charge in [0.25, 0.3) is 0 Å². The van der Waals surface area contributed by atoms with E-state index in [-0.39, 0.29) is 12.6 Å². The van der Waals surface area contributed by atoms with Crippen molar-refractivity contribution in [1.82, 2.24) is 19.4 Å². The smallest absolute Gasteiger partial charge is 0.317 e. The zero-order valence-electron chi connectivity index (χ0n) is 23.4. The Morgan fingerprint density at radius 3 is 2.38 bits per heavy atom. The molecule has 4 bridgehead atoms. The van der Waals surface area contributed by atoms with Gasteiger partial charge in [-0.1, -0.05) is 44.2 Å². The number of aromatic nitrogens is 2. The van der Waals surface area contributed by atoms with E-state index in [9.17, 15) is 9.90 Å². The summed E-state index contributed by atoms with van der Waals surface area (Å²) in [7, 11) is 0. The fourth-order valence-electron chi connectivity index (χ4n) is 9.42. The van der Waals surface area contributed by atoms with Crippen molar-refractivity contribution in [3.8, 4) is 0 Å². The summed E-state index contributed by atoms with van der Waals surface area (Å²) in [6.07, 6.45) is 17.4. The van der Waals surface area contributed by atoms with Crippen LogP contribution in [0.4, 0.5) is 0 Å². The van der Waals surface area contributed by atoms with Gasteiger partial charge in [-0.05, 0) is 68.9 Å². The predicted molar refractivity (Wildman–Crippen MR) is 152 cm³/mol. The van der Waals surface area contributed by atoms with Gasteiger partial charge in [-0.2, -0.15) is 0 Å². The zero-order chi connectivity index (χ0) is 26.3. The number of hydrogen-bond donors (Lipinski definition) is 1. The van der Waals surface area contributed by atoms with Crippen molar-refractivity contribution in [2.75, 3.05) is 26.3 Å². The third kappa shape index (κ3) is 5.27. The maximum atomic E-state index is 11.6. The molecule has 3 aliphatic heterocycles. The number of ether oxygens (including phenoxy) is 1. The molecule has 2 saturated carbocycles. The van der Waals surface area contributed by atoms with Gasteiger partial charge in [0.15, 0.2) is 0 Å². The van der Waals surface area contributed by atoms with E-state index in [2.05, 4.69) is 38.6 Å². The molecule has 1 aromatic carbocycles. The van der Waals surface area contributed by atoms with Gasteiger partial charge in [0.05, 0.1) is 30.8 Å². The van der Waals surface area contributed by atoms with E-state index in [1.807, 2.05) is 0 Å². The van der Waals surface area contributed by atoms with Crippen LogP contribution in [0, 0.1) is 11.8 Å². The highest BCUT2D eigenvalue weighted by atomic mass is 16.5. The molecule has 3 saturated heterocycles. The molecule has 39 heavy (non-hydrogen) atoms. The van der Waals surface area contributed by atoms with Crippen LogP contribution in [0.1, 0.15) is 88.9 Å². The van der Waals surface area contributed by atoms with E-state index in [0.717, 1.165) is 35.6 Å². The number of para-hydroxylation sites is 2. The first-order valence-electron chi connectivity index (χ1n) is 15.9. The summed E-state index contributed by atoms with van der Waals surface area (Å²) in [6, 6.07) is 11.3. The lowest BCUT2D eigenvalue weighted by Crippen LogP contribution is -2.58. The second-order valence-electron chi connectivity index (χ2n) is 13.4. The van der Waals surface area contributed by atoms with E-state index in [1.165, 1.54) is 82.6 Å². The molecule has 5 aliphatic rings. The van der Waals surface area contributed by atoms with Crippen LogP contribution in [-0.4, -0.2) is 80.9 Å². The van der Waals surface area contributed by atoms with Gasteiger partial charge >= 0.3 is 5.97 Å². The van der Waals surface area contributed by atoms with Gasteiger partial charge in [0.2, 0.25) is 0 Å². The molecule has 1 N–H and O–H groups in total. The van der Waals surface area contributed by atoms with Crippen molar-refractivity contribution in [2.45, 2.75) is 114 Å². The third-order valence-corrected chi connectivity index (χ3v) is 10.9. The summed E-state index contributed by atoms with van der Waals surface area (Å²) in [4.78, 5) is 21.9. The number of fused-ring (bicyclic) bond motifs is 5. The maximum absolute atomic E-state index is 11.6. The highest BCUT2D eigenvalue weighted by molar-refractivity contribution is 5.76. The zero-order valence-corrected chi connectivity index (χ0v) is 23.4. The van der Waals surface area contributed by atoms with E-state index < -0.39 is 5.97 Å². The molecule has 7 rings (SSSR count). The lowest BCUT2D eigenvalue weighted by atomic mass is 9.73. The van der Waals surface area contributed by atoms with Crippen molar-refractivity contribution >= 4 is 17.0 Å². The molecule has 2 unspecified atom stereocenters. The Kier molecular flexibility index (Phi) is 7.42. The molecular formula is C32H46N4O3. The number of carbonyl (C=O) groups is 1. The molecule has 7 nitrogen and oxygen atoms in total. The number of nitrogens with zero attached hydrogens (tertiary/aromatic N) is 4. The van der Waals surface area contributed by atoms with Gasteiger partial charge < -0.3 is 14.4 Å². The standard InChI is InChI=1S/C32H46N4O3/c37-32(38)20-34-12-13-39-21-28(34)19-31-33-29-10-3-4-11-30(29)36(31)27-17-24-8-5-9-25(18-27)35(24)26-15-22-6-1-2-7-23(14-22)16-26/h3-4,10-11,22-28H,1-2,5-9,12-21H2,(H,37,38)/t22-,23+,24-,25+,26?,27?,28-/m1/s1. The van der Waals surface area contributed by atoms with Crippen LogP contribution in [0.3, 0.4) is 0 Å². The first kappa shape index (κ1) is 26.0. The minimum atomic E-state index is -0.766. The highest BCUT2D eigenvalue weighted by Gasteiger charge is 2.45. The van der Waals surface area contributed by atoms with Gasteiger partial charge in [-0.25, -0.2) is 4.98 Å². The minimum absolute atomic E-state index is 0.0515. The van der Waals surface area contributed by atoms with Gasteiger partial charge in [0, 0.05) is 43.2 Å². The topological polar surface area (TPSA) is 70.8 Å². The second kappa shape index (κ2) is 11.1. The minimum Gasteiger partial charge on any atom is -0.480 e. The molecule has 7 heteroatoms. The molecule has 0 amide bonds. The summed E-state index contributed by atoms with van der Waals surface area (Å²) in [5.74, 6) is 2.27. The summed E-state index contributed by atoms with van der Waals surface area (Å²) in [6.45, 7) is 1.92. The first-order valence-corrected chi connectivity index (χ1v) is 15.9. The SMILES string of the molecule is O=C(O)CN1CCOC[C@H]1Cc1nc2ccccc2n1C1C[C@H]2CCC[C@@H](C1)N2C1C[C@H]2CCCC[C@@H](C1)C2. The van der Waals surface area contributed by atoms with Crippen LogP contribution in [0.5, 0.6) is 0 Å². The largest absolute Gasteiger partial charge is 0.480 e. The van der Waals surface area contributed by atoms with Crippen molar-refractivity contribution in [2.24, 2.45) is 11.8 Å². The predicted octanol–water partition coefficient (Wildman–Crippen LogP) is 5.28. The molecule has 2 aromatic rings. The lowest BCUT2D eigenvalue weighted by molar-refractivity contribution is -0.140. The number of carboxylic acid groups (broad SMARTS) is 1. The number of hydrogen-bond acceptors (Lipinski definition) is 5. The molecule has 212 valence electrons. The molecule has 2 aliphatic carbocycles. The van der Waals surface area contributed by atoms with Gasteiger partial charge in [-0.15, -0.1) is 0 Å². The normalized spacial score (nSPS) is 36.1. The Morgan fingerprint density at radius 2 is 1.64 bits per heavy atom. The van der Waals surface area contributed by atoms with Crippen LogP contribution in [-0.2, 0) is 16.0 Å². The molecular weight excluding hydrogens is 488 g/mol. The summed E-state index contributed by atoms with van der Waals surface area (Å²) >= 11 is 0. The number of benzene rings is 1. The van der Waals surface area contributed by atoms with Crippen LogP contribution in [0.25, 0.3) is 11.0 Å². The van der Waals surface area contributed by atoms with Crippen LogP contribution < -0.4 is 0 Å². The highest BCUT2D eigenvalue weighted by Crippen LogP contribution is 2.47. The number of aliphatic carboxylic acids is 1. The van der Waals surface area contributed by atoms with Crippen molar-refractivity contribution < 1.29 is 14.6 Å². The quantitative estimate of drug-likeness (QED) is 0.544. The first-order chi connectivity index (χ1) is 19.1. The summed E-state index contributed by atoms with van der Waals surface area (Å²) in [5, 5.41) is 9.51. The molecule has 0 spiro atoms. The maximum Gasteiger partial charge on any atom is 0.317 e. The van der Waals surface area contributed by atoms with E-state index in [0.29, 0.717) is 37.9 Å². The van der Waals surface area contributed by atoms with Crippen LogP contribution in [0.15, 0.2) is 24.3 Å². The third-order valence-electron chi connectivity index (χ3n) is 10.9. The average molecular weight is 535 g/mol. The number of carboxylic acids is 1. The van der Waals surface area contributed by atoms with Crippen molar-refractivity contribution in [3.63, 3.8) is 0 Å². The monoisotopic (exact) mass is 534 g/mol. The number of rotatable bonds is 6. The van der Waals surface area contributed by atoms with Gasteiger partial charge in [-0.3, -0.25) is 14.6 Å². The van der Waals surface area contributed by atoms with Crippen molar-refractivity contribution in [1.29, 1.82) is 0 Å². The fraction of sp³-hybridized carbons (Fsp3) is 0.750. The van der Waals surface area contributed by atoms with E-state index in [1.54, 1.807) is 0 Å². The number of imidazole rings is 1. The number of piperidine rings is 2. The Bertz CT molecular complexity index is 1140. The molecule has 5 fully saturated rings. The Balaban J connectivity index is 1.16. The van der Waals surface area contributed by atoms with Gasteiger partial charge in [0.1, 0.15) is 5.82 Å². The van der Waals surface area contributed by atoms with Crippen molar-refractivity contribution in [3.05, 3.63) is 30.1 Å². The fourth-order valence-corrected chi connectivity index (χ4v) is 9.42. The van der Waals surface area contributed by atoms with E-state index in [4.69, 9.17) is 9.72 Å². The van der Waals surface area contributed by atoms with E-state index >= 15 is 0 Å². The lowest BCUT2D eigenvalue weighted by Gasteiger charge is -2.54. The average Bonchev–Trinajstić information content (AvgIpc) is 3.19. The molecule has 0 radical (unpaired) electrons. The summed E-state index contributed by atoms with van der Waals surface area (Å²) < 4.78 is 8.40. The van der Waals surface area contributed by atoms with Crippen LogP contribution >= 0.6 is 0 Å². The second-order valence-corrected chi connectivity index (χ2v) is 13.4. The molecule has 4 heterocycles. The number of morpholine rings is 1. The molecule has 1 aromatic heterocycles.